The number of nitrogens with zero attached hydrogens (tertiary/aromatic N) is 1. The van der Waals surface area contributed by atoms with Crippen molar-refractivity contribution in [3.63, 3.8) is 0 Å². The molecule has 0 aliphatic heterocycles. The summed E-state index contributed by atoms with van der Waals surface area (Å²) >= 11 is 9.96. The Bertz CT molecular complexity index is 980. The van der Waals surface area contributed by atoms with Gasteiger partial charge in [-0.2, -0.15) is 0 Å². The second-order valence-electron chi connectivity index (χ2n) is 5.13. The molecular formula is C16H10BrClF2N2O2S. The summed E-state index contributed by atoms with van der Waals surface area (Å²) in [4.78, 5) is 11.7. The van der Waals surface area contributed by atoms with E-state index in [4.69, 9.17) is 16.7 Å². The maximum atomic E-state index is 13.9. The van der Waals surface area contributed by atoms with Gasteiger partial charge in [-0.3, -0.25) is 4.79 Å². The van der Waals surface area contributed by atoms with Crippen molar-refractivity contribution in [2.45, 2.75) is 11.4 Å². The molecule has 0 saturated heterocycles. The Morgan fingerprint density at radius 1 is 1.28 bits per heavy atom. The number of aromatic nitrogens is 1. The Morgan fingerprint density at radius 2 is 2.04 bits per heavy atom. The van der Waals surface area contributed by atoms with Gasteiger partial charge in [-0.25, -0.2) is 8.78 Å². The Kier molecular flexibility index (Phi) is 5.21. The lowest BCUT2D eigenvalue weighted by Gasteiger charge is -2.07. The fourth-order valence-electron chi connectivity index (χ4n) is 2.30. The predicted molar refractivity (Wildman–Crippen MR) is 98.1 cm³/mol. The number of carbonyl (C=O) groups is 1. The highest BCUT2D eigenvalue weighted by Crippen LogP contribution is 2.34. The first kappa shape index (κ1) is 18.0. The topological polar surface area (TPSA) is 54.3 Å². The molecule has 2 aromatic carbocycles. The lowest BCUT2D eigenvalue weighted by molar-refractivity contribution is -0.137. The average Bonchev–Trinajstić information content (AvgIpc) is 2.86. The van der Waals surface area contributed by atoms with Crippen LogP contribution >= 0.6 is 39.5 Å². The normalized spacial score (nSPS) is 11.0. The number of fused-ring (bicyclic) bond motifs is 1. The van der Waals surface area contributed by atoms with Crippen molar-refractivity contribution in [3.8, 4) is 0 Å². The summed E-state index contributed by atoms with van der Waals surface area (Å²) in [5, 5.41) is 10.3. The molecule has 2 N–H and O–H groups in total. The second-order valence-corrected chi connectivity index (χ2v) is 7.27. The van der Waals surface area contributed by atoms with Gasteiger partial charge in [0, 0.05) is 22.7 Å². The Hall–Kier alpha value is -1.77. The first-order valence-electron chi connectivity index (χ1n) is 6.92. The molecule has 0 spiro atoms. The first-order valence-corrected chi connectivity index (χ1v) is 8.91. The van der Waals surface area contributed by atoms with Crippen molar-refractivity contribution in [2.75, 3.05) is 4.72 Å². The molecular weight excluding hydrogens is 438 g/mol. The summed E-state index contributed by atoms with van der Waals surface area (Å²) in [6, 6.07) is 7.16. The van der Waals surface area contributed by atoms with E-state index in [1.54, 1.807) is 24.4 Å². The van der Waals surface area contributed by atoms with E-state index in [1.807, 2.05) is 0 Å². The Morgan fingerprint density at radius 3 is 2.76 bits per heavy atom. The van der Waals surface area contributed by atoms with E-state index in [-0.39, 0.29) is 16.7 Å². The quantitative estimate of drug-likeness (QED) is 0.398. The van der Waals surface area contributed by atoms with Gasteiger partial charge in [-0.05, 0) is 46.1 Å². The highest BCUT2D eigenvalue weighted by atomic mass is 79.9. The highest BCUT2D eigenvalue weighted by molar-refractivity contribution is 9.10. The molecule has 1 heterocycles. The number of rotatable bonds is 5. The van der Waals surface area contributed by atoms with E-state index >= 15 is 0 Å². The maximum Gasteiger partial charge on any atom is 0.323 e. The molecule has 3 rings (SSSR count). The minimum atomic E-state index is -0.998. The number of hydrogen-bond donors (Lipinski definition) is 2. The number of anilines is 1. The van der Waals surface area contributed by atoms with Crippen LogP contribution in [0.1, 0.15) is 0 Å². The summed E-state index contributed by atoms with van der Waals surface area (Å²) < 4.78 is 31.8. The third-order valence-electron chi connectivity index (χ3n) is 3.39. The zero-order valence-electron chi connectivity index (χ0n) is 12.4. The minimum absolute atomic E-state index is 0.0150. The molecule has 0 radical (unpaired) electrons. The minimum Gasteiger partial charge on any atom is -0.480 e. The largest absolute Gasteiger partial charge is 0.480 e. The van der Waals surface area contributed by atoms with Gasteiger partial charge in [0.05, 0.1) is 20.6 Å². The smallest absolute Gasteiger partial charge is 0.323 e. The van der Waals surface area contributed by atoms with Crippen molar-refractivity contribution >= 4 is 62.0 Å². The van der Waals surface area contributed by atoms with Crippen LogP contribution in [0.4, 0.5) is 14.5 Å². The van der Waals surface area contributed by atoms with Gasteiger partial charge in [0.1, 0.15) is 18.2 Å². The van der Waals surface area contributed by atoms with E-state index in [9.17, 15) is 13.6 Å². The van der Waals surface area contributed by atoms with Gasteiger partial charge in [-0.1, -0.05) is 17.7 Å². The van der Waals surface area contributed by atoms with Crippen molar-refractivity contribution in [2.24, 2.45) is 0 Å². The van der Waals surface area contributed by atoms with Crippen LogP contribution in [0.25, 0.3) is 10.9 Å². The maximum absolute atomic E-state index is 13.9. The van der Waals surface area contributed by atoms with Gasteiger partial charge in [0.2, 0.25) is 0 Å². The Labute approximate surface area is 159 Å². The van der Waals surface area contributed by atoms with Crippen LogP contribution in [-0.4, -0.2) is 15.6 Å². The average molecular weight is 448 g/mol. The number of hydrogen-bond acceptors (Lipinski definition) is 3. The van der Waals surface area contributed by atoms with Gasteiger partial charge in [0.25, 0.3) is 0 Å². The van der Waals surface area contributed by atoms with Crippen molar-refractivity contribution in [1.82, 2.24) is 4.57 Å². The number of halogens is 4. The fraction of sp³-hybridized carbons (Fsp3) is 0.0625. The first-order chi connectivity index (χ1) is 11.8. The summed E-state index contributed by atoms with van der Waals surface area (Å²) in [6.45, 7) is -0.237. The van der Waals surface area contributed by atoms with Crippen LogP contribution in [0.2, 0.25) is 5.02 Å². The summed E-state index contributed by atoms with van der Waals surface area (Å²) in [6.07, 6.45) is 1.62. The van der Waals surface area contributed by atoms with Crippen LogP contribution in [0.3, 0.4) is 0 Å². The summed E-state index contributed by atoms with van der Waals surface area (Å²) in [7, 11) is 0. The third kappa shape index (κ3) is 3.91. The van der Waals surface area contributed by atoms with Crippen LogP contribution in [0.15, 0.2) is 45.9 Å². The fourth-order valence-corrected chi connectivity index (χ4v) is 3.62. The number of aliphatic carboxylic acids is 1. The predicted octanol–water partition coefficient (Wildman–Crippen LogP) is 5.54. The zero-order valence-corrected chi connectivity index (χ0v) is 15.6. The van der Waals surface area contributed by atoms with E-state index < -0.39 is 17.6 Å². The molecule has 3 aromatic rings. The van der Waals surface area contributed by atoms with Crippen LogP contribution in [-0.2, 0) is 11.3 Å². The highest BCUT2D eigenvalue weighted by Gasteiger charge is 2.14. The lowest BCUT2D eigenvalue weighted by Crippen LogP contribution is -2.07. The SMILES string of the molecule is O=C(O)Cn1cc(SNc2cc(F)c(Br)cc2F)c2ccc(Cl)cc21. The van der Waals surface area contributed by atoms with Crippen LogP contribution < -0.4 is 4.72 Å². The lowest BCUT2D eigenvalue weighted by atomic mass is 10.2. The Balaban J connectivity index is 1.94. The molecule has 4 nitrogen and oxygen atoms in total. The molecule has 130 valence electrons. The van der Waals surface area contributed by atoms with Gasteiger partial charge in [0.15, 0.2) is 0 Å². The molecule has 0 atom stereocenters. The zero-order chi connectivity index (χ0) is 18.1. The monoisotopic (exact) mass is 446 g/mol. The number of nitrogens with one attached hydrogen (secondary N) is 1. The summed E-state index contributed by atoms with van der Waals surface area (Å²) in [5.41, 5.74) is 0.625. The second kappa shape index (κ2) is 7.23. The van der Waals surface area contributed by atoms with Crippen molar-refractivity contribution in [1.29, 1.82) is 0 Å². The number of carboxylic acid groups (broad SMARTS) is 1. The van der Waals surface area contributed by atoms with Crippen molar-refractivity contribution < 1.29 is 18.7 Å². The van der Waals surface area contributed by atoms with E-state index in [1.165, 1.54) is 4.57 Å². The molecule has 25 heavy (non-hydrogen) atoms. The third-order valence-corrected chi connectivity index (χ3v) is 5.10. The molecule has 0 aliphatic rings. The molecule has 0 fully saturated rings. The van der Waals surface area contributed by atoms with Gasteiger partial charge < -0.3 is 14.4 Å². The van der Waals surface area contributed by atoms with Gasteiger partial charge >= 0.3 is 5.97 Å². The molecule has 0 aliphatic carbocycles. The van der Waals surface area contributed by atoms with E-state index in [0.29, 0.717) is 15.4 Å². The molecule has 0 amide bonds. The standard InChI is InChI=1S/C16H10BrClF2N2O2S/c17-10-4-12(20)13(5-11(10)19)21-25-15-6-22(7-16(23)24)14-3-8(18)1-2-9(14)15/h1-6,21H,7H2,(H,23,24). The van der Waals surface area contributed by atoms with Gasteiger partial charge in [-0.15, -0.1) is 0 Å². The molecule has 0 unspecified atom stereocenters. The van der Waals surface area contributed by atoms with E-state index in [2.05, 4.69) is 20.7 Å². The van der Waals surface area contributed by atoms with Crippen molar-refractivity contribution in [3.05, 3.63) is 57.7 Å². The van der Waals surface area contributed by atoms with E-state index in [0.717, 1.165) is 29.5 Å². The molecule has 0 bridgehead atoms. The number of carboxylic acids is 1. The summed E-state index contributed by atoms with van der Waals surface area (Å²) in [5.74, 6) is -2.20. The molecule has 0 saturated carbocycles. The van der Waals surface area contributed by atoms with Crippen LogP contribution in [0, 0.1) is 11.6 Å². The van der Waals surface area contributed by atoms with Crippen LogP contribution in [0.5, 0.6) is 0 Å². The molecule has 9 heteroatoms. The number of benzene rings is 2. The molecule has 1 aromatic heterocycles.